The maximum Gasteiger partial charge on any atom is 0.191 e. The molecule has 0 aliphatic rings. The summed E-state index contributed by atoms with van der Waals surface area (Å²) in [5, 5.41) is 28.0. The zero-order valence-electron chi connectivity index (χ0n) is 10.4. The summed E-state index contributed by atoms with van der Waals surface area (Å²) in [5.74, 6) is 0. The monoisotopic (exact) mass is 264 g/mol. The first kappa shape index (κ1) is 13.7. The molecule has 0 fully saturated rings. The highest BCUT2D eigenvalue weighted by atomic mass is 16.3. The van der Waals surface area contributed by atoms with Gasteiger partial charge in [-0.15, -0.1) is 0 Å². The largest absolute Gasteiger partial charge is 0.394 e. The van der Waals surface area contributed by atoms with Gasteiger partial charge in [0.1, 0.15) is 0 Å². The van der Waals surface area contributed by atoms with E-state index >= 15 is 0 Å². The molecule has 0 aromatic carbocycles. The Morgan fingerprint density at radius 1 is 1.37 bits per heavy atom. The molecule has 0 amide bonds. The van der Waals surface area contributed by atoms with Crippen LogP contribution in [-0.4, -0.2) is 37.6 Å². The number of aliphatic hydroxyl groups is 3. The smallest absolute Gasteiger partial charge is 0.191 e. The summed E-state index contributed by atoms with van der Waals surface area (Å²) in [5.41, 5.74) is 0.955. The number of aryl methyl sites for hydroxylation is 1. The van der Waals surface area contributed by atoms with Crippen LogP contribution in [0.5, 0.6) is 0 Å². The maximum atomic E-state index is 11.9. The second-order valence-corrected chi connectivity index (χ2v) is 4.33. The molecule has 2 aromatic rings. The summed E-state index contributed by atoms with van der Waals surface area (Å²) in [6, 6.07) is 3.07. The predicted molar refractivity (Wildman–Crippen MR) is 69.6 cm³/mol. The molecule has 0 saturated carbocycles. The van der Waals surface area contributed by atoms with Gasteiger partial charge in [0.25, 0.3) is 0 Å². The molecular weight excluding hydrogens is 248 g/mol. The van der Waals surface area contributed by atoms with E-state index in [0.29, 0.717) is 29.6 Å². The number of rotatable bonds is 5. The molecule has 0 aliphatic heterocycles. The van der Waals surface area contributed by atoms with E-state index in [1.807, 2.05) is 0 Å². The molecule has 6 heteroatoms. The third-order valence-electron chi connectivity index (χ3n) is 3.06. The topological polar surface area (TPSA) is 95.6 Å². The summed E-state index contributed by atoms with van der Waals surface area (Å²) in [6.07, 6.45) is 2.58. The van der Waals surface area contributed by atoms with Crippen LogP contribution in [0.1, 0.15) is 12.1 Å². The van der Waals surface area contributed by atoms with Crippen molar-refractivity contribution in [2.45, 2.75) is 25.7 Å². The molecule has 0 spiro atoms. The van der Waals surface area contributed by atoms with Crippen molar-refractivity contribution in [1.82, 2.24) is 9.55 Å². The van der Waals surface area contributed by atoms with Crippen molar-refractivity contribution < 1.29 is 15.3 Å². The van der Waals surface area contributed by atoms with Gasteiger partial charge >= 0.3 is 0 Å². The Labute approximate surface area is 109 Å². The van der Waals surface area contributed by atoms with Gasteiger partial charge in [0.05, 0.1) is 30.2 Å². The van der Waals surface area contributed by atoms with E-state index in [9.17, 15) is 15.0 Å². The maximum absolute atomic E-state index is 11.9. The Morgan fingerprint density at radius 3 is 2.84 bits per heavy atom. The number of hydrogen-bond acceptors (Lipinski definition) is 5. The Bertz CT molecular complexity index is 624. The van der Waals surface area contributed by atoms with Crippen LogP contribution >= 0.6 is 0 Å². The molecule has 1 atom stereocenters. The van der Waals surface area contributed by atoms with E-state index in [2.05, 4.69) is 4.98 Å². The van der Waals surface area contributed by atoms with Crippen LogP contribution < -0.4 is 5.43 Å². The Kier molecular flexibility index (Phi) is 4.26. The number of pyridine rings is 2. The van der Waals surface area contributed by atoms with Crippen molar-refractivity contribution in [3.05, 3.63) is 40.4 Å². The van der Waals surface area contributed by atoms with E-state index in [1.54, 1.807) is 16.8 Å². The zero-order valence-corrected chi connectivity index (χ0v) is 10.4. The molecule has 102 valence electrons. The molecule has 2 aromatic heterocycles. The van der Waals surface area contributed by atoms with Gasteiger partial charge in [-0.2, -0.15) is 0 Å². The molecule has 6 nitrogen and oxygen atoms in total. The van der Waals surface area contributed by atoms with Gasteiger partial charge < -0.3 is 19.9 Å². The minimum absolute atomic E-state index is 0.189. The highest BCUT2D eigenvalue weighted by Gasteiger charge is 2.10. The van der Waals surface area contributed by atoms with Gasteiger partial charge in [-0.25, -0.2) is 0 Å². The second-order valence-electron chi connectivity index (χ2n) is 4.33. The molecular formula is C13H16N2O4. The van der Waals surface area contributed by atoms with Crippen molar-refractivity contribution in [1.29, 1.82) is 0 Å². The molecule has 0 aliphatic carbocycles. The van der Waals surface area contributed by atoms with Crippen LogP contribution in [0.4, 0.5) is 0 Å². The first-order valence-electron chi connectivity index (χ1n) is 6.03. The summed E-state index contributed by atoms with van der Waals surface area (Å²) in [6.45, 7) is -0.171. The van der Waals surface area contributed by atoms with Gasteiger partial charge in [0.2, 0.25) is 0 Å². The average molecular weight is 264 g/mol. The molecule has 2 heterocycles. The molecule has 3 N–H and O–H groups in total. The fourth-order valence-electron chi connectivity index (χ4n) is 2.04. The average Bonchev–Trinajstić information content (AvgIpc) is 2.45. The molecule has 19 heavy (non-hydrogen) atoms. The molecule has 2 rings (SSSR count). The minimum Gasteiger partial charge on any atom is -0.394 e. The van der Waals surface area contributed by atoms with E-state index in [0.717, 1.165) is 0 Å². The van der Waals surface area contributed by atoms with E-state index in [4.69, 9.17) is 5.11 Å². The zero-order chi connectivity index (χ0) is 13.8. The number of hydrogen-bond donors (Lipinski definition) is 3. The van der Waals surface area contributed by atoms with Crippen LogP contribution in [0.15, 0.2) is 29.3 Å². The lowest BCUT2D eigenvalue weighted by Gasteiger charge is -2.16. The number of fused-ring (bicyclic) bond motifs is 1. The highest BCUT2D eigenvalue weighted by Crippen LogP contribution is 2.13. The van der Waals surface area contributed by atoms with Crippen molar-refractivity contribution >= 4 is 10.9 Å². The van der Waals surface area contributed by atoms with Crippen molar-refractivity contribution in [3.63, 3.8) is 0 Å². The van der Waals surface area contributed by atoms with E-state index in [-0.39, 0.29) is 18.6 Å². The highest BCUT2D eigenvalue weighted by molar-refractivity contribution is 5.78. The van der Waals surface area contributed by atoms with Crippen LogP contribution in [0.25, 0.3) is 10.9 Å². The fraction of sp³-hybridized carbons (Fsp3) is 0.385. The quantitative estimate of drug-likeness (QED) is 0.685. The summed E-state index contributed by atoms with van der Waals surface area (Å²) in [7, 11) is 0. The van der Waals surface area contributed by atoms with Gasteiger partial charge in [-0.1, -0.05) is 0 Å². The van der Waals surface area contributed by atoms with E-state index in [1.165, 1.54) is 12.3 Å². The number of nitrogens with zero attached hydrogens (tertiary/aromatic N) is 2. The second kappa shape index (κ2) is 5.92. The lowest BCUT2D eigenvalue weighted by molar-refractivity contribution is 0.0844. The van der Waals surface area contributed by atoms with Gasteiger partial charge in [-0.05, 0) is 12.5 Å². The first-order chi connectivity index (χ1) is 9.17. The van der Waals surface area contributed by atoms with Gasteiger partial charge in [-0.3, -0.25) is 9.78 Å². The number of aliphatic hydroxyl groups excluding tert-OH is 3. The third kappa shape index (κ3) is 2.81. The molecule has 0 bridgehead atoms. The molecule has 1 unspecified atom stereocenters. The Balaban J connectivity index is 2.50. The summed E-state index contributed by atoms with van der Waals surface area (Å²) in [4.78, 5) is 15.8. The van der Waals surface area contributed by atoms with Crippen molar-refractivity contribution in [2.75, 3.05) is 6.61 Å². The van der Waals surface area contributed by atoms with Crippen molar-refractivity contribution in [2.24, 2.45) is 0 Å². The third-order valence-corrected chi connectivity index (χ3v) is 3.06. The SMILES string of the molecule is O=c1cc(CO)n(CCC(O)CO)c2ccncc12. The Morgan fingerprint density at radius 2 is 2.16 bits per heavy atom. The molecule has 0 radical (unpaired) electrons. The summed E-state index contributed by atoms with van der Waals surface area (Å²) >= 11 is 0. The fourth-order valence-corrected chi connectivity index (χ4v) is 2.04. The van der Waals surface area contributed by atoms with Crippen molar-refractivity contribution in [3.8, 4) is 0 Å². The van der Waals surface area contributed by atoms with Gasteiger partial charge in [0.15, 0.2) is 5.43 Å². The van der Waals surface area contributed by atoms with Gasteiger partial charge in [0, 0.05) is 30.7 Å². The standard InChI is InChI=1S/C13H16N2O4/c16-7-9-5-13(19)11-6-14-3-1-12(11)15(9)4-2-10(18)8-17/h1,3,5-6,10,16-18H,2,4,7-8H2. The van der Waals surface area contributed by atoms with Crippen LogP contribution in [-0.2, 0) is 13.2 Å². The lowest BCUT2D eigenvalue weighted by Crippen LogP contribution is -2.19. The predicted octanol–water partition coefficient (Wildman–Crippen LogP) is -0.368. The minimum atomic E-state index is -0.817. The molecule has 0 saturated heterocycles. The van der Waals surface area contributed by atoms with Crippen LogP contribution in [0, 0.1) is 0 Å². The van der Waals surface area contributed by atoms with Crippen LogP contribution in [0.3, 0.4) is 0 Å². The lowest BCUT2D eigenvalue weighted by atomic mass is 10.2. The first-order valence-corrected chi connectivity index (χ1v) is 6.03. The van der Waals surface area contributed by atoms with E-state index < -0.39 is 6.10 Å². The summed E-state index contributed by atoms with van der Waals surface area (Å²) < 4.78 is 1.76. The normalized spacial score (nSPS) is 12.8. The number of aromatic nitrogens is 2. The van der Waals surface area contributed by atoms with Crippen LogP contribution in [0.2, 0.25) is 0 Å². The Hall–Kier alpha value is -1.76.